The third kappa shape index (κ3) is 4.66. The number of nitrogens with two attached hydrogens (primary N) is 1. The highest BCUT2D eigenvalue weighted by molar-refractivity contribution is 7.21. The summed E-state index contributed by atoms with van der Waals surface area (Å²) < 4.78 is 5.15. The highest BCUT2D eigenvalue weighted by Crippen LogP contribution is 2.35. The van der Waals surface area contributed by atoms with Crippen molar-refractivity contribution in [2.45, 2.75) is 13.8 Å². The Morgan fingerprint density at radius 1 is 1.15 bits per heavy atom. The van der Waals surface area contributed by atoms with Gasteiger partial charge in [0.25, 0.3) is 5.91 Å². The lowest BCUT2D eigenvalue weighted by Gasteiger charge is -2.08. The molecule has 3 N–H and O–H groups in total. The maximum Gasteiger partial charge on any atom is 0.267 e. The van der Waals surface area contributed by atoms with Gasteiger partial charge < -0.3 is 15.8 Å². The number of halogens is 1. The zero-order chi connectivity index (χ0) is 24.4. The summed E-state index contributed by atoms with van der Waals surface area (Å²) in [6, 6.07) is 14.4. The minimum Gasteiger partial charge on any atom is -0.497 e. The molecule has 0 saturated heterocycles. The van der Waals surface area contributed by atoms with Crippen molar-refractivity contribution >= 4 is 62.3 Å². The summed E-state index contributed by atoms with van der Waals surface area (Å²) in [4.78, 5) is 31.3. The SMILES string of the molecule is COc1ccc(/C=C/C(=O)c2cc3c(N)c(C(=O)Nc4cccc(Cl)c4C)sc3nc2C)cc1. The molecule has 0 aliphatic rings. The maximum absolute atomic E-state index is 12.9. The predicted molar refractivity (Wildman–Crippen MR) is 139 cm³/mol. The third-order valence-corrected chi connectivity index (χ3v) is 6.97. The molecule has 0 spiro atoms. The van der Waals surface area contributed by atoms with Crippen molar-refractivity contribution in [3.63, 3.8) is 0 Å². The molecule has 0 aliphatic heterocycles. The predicted octanol–water partition coefficient (Wildman–Crippen LogP) is 6.31. The van der Waals surface area contributed by atoms with Crippen molar-refractivity contribution < 1.29 is 14.3 Å². The van der Waals surface area contributed by atoms with Gasteiger partial charge >= 0.3 is 0 Å². The molecule has 0 radical (unpaired) electrons. The van der Waals surface area contributed by atoms with Gasteiger partial charge in [0.05, 0.1) is 18.5 Å². The fraction of sp³-hybridized carbons (Fsp3) is 0.115. The number of carbonyl (C=O) groups is 2. The first-order valence-electron chi connectivity index (χ1n) is 10.4. The first-order chi connectivity index (χ1) is 16.3. The van der Waals surface area contributed by atoms with Gasteiger partial charge in [0, 0.05) is 21.7 Å². The van der Waals surface area contributed by atoms with Gasteiger partial charge in [0.15, 0.2) is 5.78 Å². The summed E-state index contributed by atoms with van der Waals surface area (Å²) in [6.07, 6.45) is 3.23. The lowest BCUT2D eigenvalue weighted by Crippen LogP contribution is -2.12. The topological polar surface area (TPSA) is 94.3 Å². The summed E-state index contributed by atoms with van der Waals surface area (Å²) in [5.74, 6) is 0.192. The van der Waals surface area contributed by atoms with Crippen molar-refractivity contribution in [3.8, 4) is 5.75 Å². The number of rotatable bonds is 6. The van der Waals surface area contributed by atoms with Crippen LogP contribution in [0.2, 0.25) is 5.02 Å². The lowest BCUT2D eigenvalue weighted by molar-refractivity contribution is 0.102. The Morgan fingerprint density at radius 2 is 1.88 bits per heavy atom. The Labute approximate surface area is 206 Å². The van der Waals surface area contributed by atoms with Crippen LogP contribution in [0.3, 0.4) is 0 Å². The third-order valence-electron chi connectivity index (χ3n) is 5.44. The fourth-order valence-corrected chi connectivity index (χ4v) is 4.64. The number of pyridine rings is 1. The number of methoxy groups -OCH3 is 1. The summed E-state index contributed by atoms with van der Waals surface area (Å²) in [5.41, 5.74) is 9.84. The zero-order valence-corrected chi connectivity index (χ0v) is 20.4. The van der Waals surface area contributed by atoms with Crippen molar-refractivity contribution in [2.24, 2.45) is 0 Å². The van der Waals surface area contributed by atoms with Crippen LogP contribution in [-0.4, -0.2) is 23.8 Å². The monoisotopic (exact) mass is 491 g/mol. The molecule has 0 atom stereocenters. The Hall–Kier alpha value is -3.68. The highest BCUT2D eigenvalue weighted by atomic mass is 35.5. The second-order valence-corrected chi connectivity index (χ2v) is 9.06. The molecule has 6 nitrogen and oxygen atoms in total. The van der Waals surface area contributed by atoms with Crippen LogP contribution < -0.4 is 15.8 Å². The fourth-order valence-electron chi connectivity index (χ4n) is 3.44. The minimum absolute atomic E-state index is 0.200. The number of nitrogens with one attached hydrogen (secondary N) is 1. The first kappa shape index (κ1) is 23.5. The number of nitrogens with zero attached hydrogens (tertiary/aromatic N) is 1. The van der Waals surface area contributed by atoms with Gasteiger partial charge in [-0.3, -0.25) is 9.59 Å². The minimum atomic E-state index is -0.351. The molecule has 0 saturated carbocycles. The van der Waals surface area contributed by atoms with Gasteiger partial charge in [0.1, 0.15) is 15.5 Å². The number of allylic oxidation sites excluding steroid dienone is 1. The number of anilines is 2. The number of aryl methyl sites for hydroxylation is 1. The van der Waals surface area contributed by atoms with E-state index < -0.39 is 0 Å². The van der Waals surface area contributed by atoms with E-state index in [2.05, 4.69) is 10.3 Å². The van der Waals surface area contributed by atoms with Gasteiger partial charge in [0.2, 0.25) is 0 Å². The molecule has 2 heterocycles. The number of aromatic nitrogens is 1. The number of fused-ring (bicyclic) bond motifs is 1. The number of ether oxygens (including phenoxy) is 1. The Balaban J connectivity index is 1.62. The number of benzene rings is 2. The summed E-state index contributed by atoms with van der Waals surface area (Å²) in [6.45, 7) is 3.59. The molecule has 8 heteroatoms. The van der Waals surface area contributed by atoms with Gasteiger partial charge in [-0.15, -0.1) is 11.3 Å². The molecule has 2 aromatic heterocycles. The van der Waals surface area contributed by atoms with E-state index in [1.807, 2.05) is 31.2 Å². The van der Waals surface area contributed by atoms with E-state index in [0.717, 1.165) is 16.9 Å². The molecule has 0 aliphatic carbocycles. The van der Waals surface area contributed by atoms with Gasteiger partial charge in [-0.1, -0.05) is 35.9 Å². The molecule has 0 fully saturated rings. The zero-order valence-electron chi connectivity index (χ0n) is 18.8. The molecular formula is C26H22ClN3O3S. The molecule has 4 rings (SSSR count). The molecule has 172 valence electrons. The van der Waals surface area contributed by atoms with E-state index in [1.165, 1.54) is 17.4 Å². The molecule has 2 aromatic carbocycles. The highest BCUT2D eigenvalue weighted by Gasteiger charge is 2.20. The van der Waals surface area contributed by atoms with Crippen molar-refractivity contribution in [1.82, 2.24) is 4.98 Å². The quantitative estimate of drug-likeness (QED) is 0.243. The van der Waals surface area contributed by atoms with Gasteiger partial charge in [-0.25, -0.2) is 4.98 Å². The standard InChI is InChI=1S/C26H22ClN3O3S/c1-14-20(27)5-4-6-21(14)30-25(32)24-23(28)19-13-18(15(2)29-26(19)34-24)22(31)12-9-16-7-10-17(33-3)11-8-16/h4-13H,28H2,1-3H3,(H,30,32)/b12-9+. The second kappa shape index (κ2) is 9.67. The second-order valence-electron chi connectivity index (χ2n) is 7.66. The molecule has 1 amide bonds. The Kier molecular flexibility index (Phi) is 6.68. The Bertz CT molecular complexity index is 1440. The Morgan fingerprint density at radius 3 is 2.59 bits per heavy atom. The molecule has 4 aromatic rings. The van der Waals surface area contributed by atoms with Gasteiger partial charge in [-0.2, -0.15) is 0 Å². The van der Waals surface area contributed by atoms with E-state index in [0.29, 0.717) is 37.1 Å². The number of thiophene rings is 1. The molecular weight excluding hydrogens is 470 g/mol. The number of hydrogen-bond acceptors (Lipinski definition) is 6. The number of hydrogen-bond donors (Lipinski definition) is 2. The van der Waals surface area contributed by atoms with Crippen molar-refractivity contribution in [1.29, 1.82) is 0 Å². The normalized spacial score (nSPS) is 11.2. The average molecular weight is 492 g/mol. The van der Waals surface area contributed by atoms with Crippen LogP contribution in [0, 0.1) is 13.8 Å². The number of carbonyl (C=O) groups excluding carboxylic acids is 2. The van der Waals surface area contributed by atoms with Crippen molar-refractivity contribution in [3.05, 3.63) is 86.9 Å². The largest absolute Gasteiger partial charge is 0.497 e. The van der Waals surface area contributed by atoms with Crippen LogP contribution in [0.1, 0.15) is 36.9 Å². The molecule has 34 heavy (non-hydrogen) atoms. The van der Waals surface area contributed by atoms with E-state index in [1.54, 1.807) is 44.4 Å². The molecule has 0 bridgehead atoms. The van der Waals surface area contributed by atoms with E-state index >= 15 is 0 Å². The first-order valence-corrected chi connectivity index (χ1v) is 11.6. The molecule has 0 unspecified atom stereocenters. The lowest BCUT2D eigenvalue weighted by atomic mass is 10.1. The van der Waals surface area contributed by atoms with Crippen LogP contribution in [-0.2, 0) is 0 Å². The average Bonchev–Trinajstić information content (AvgIpc) is 3.15. The van der Waals surface area contributed by atoms with Crippen molar-refractivity contribution in [2.75, 3.05) is 18.2 Å². The van der Waals surface area contributed by atoms with Crippen LogP contribution in [0.25, 0.3) is 16.3 Å². The summed E-state index contributed by atoms with van der Waals surface area (Å²) in [5, 5.41) is 3.99. The van der Waals surface area contributed by atoms with E-state index in [9.17, 15) is 9.59 Å². The van der Waals surface area contributed by atoms with E-state index in [-0.39, 0.29) is 17.4 Å². The van der Waals surface area contributed by atoms with Gasteiger partial charge in [-0.05, 0) is 61.4 Å². The van der Waals surface area contributed by atoms with E-state index in [4.69, 9.17) is 22.1 Å². The van der Waals surface area contributed by atoms with Crippen LogP contribution >= 0.6 is 22.9 Å². The smallest absolute Gasteiger partial charge is 0.267 e. The maximum atomic E-state index is 12.9. The van der Waals surface area contributed by atoms with Crippen LogP contribution in [0.5, 0.6) is 5.75 Å². The summed E-state index contributed by atoms with van der Waals surface area (Å²) >= 11 is 7.34. The number of amides is 1. The van der Waals surface area contributed by atoms with Crippen LogP contribution in [0.4, 0.5) is 11.4 Å². The number of ketones is 1. The van der Waals surface area contributed by atoms with Crippen LogP contribution in [0.15, 0.2) is 54.6 Å². The number of nitrogen functional groups attached to an aromatic ring is 1. The summed E-state index contributed by atoms with van der Waals surface area (Å²) in [7, 11) is 1.60.